The lowest BCUT2D eigenvalue weighted by molar-refractivity contribution is 0.560. The van der Waals surface area contributed by atoms with E-state index in [9.17, 15) is 12.8 Å². The highest BCUT2D eigenvalue weighted by molar-refractivity contribution is 7.99. The van der Waals surface area contributed by atoms with E-state index in [1.165, 1.54) is 6.07 Å². The third-order valence-corrected chi connectivity index (χ3v) is 6.09. The van der Waals surface area contributed by atoms with Crippen LogP contribution in [0.25, 0.3) is 0 Å². The van der Waals surface area contributed by atoms with Crippen molar-refractivity contribution in [2.24, 2.45) is 0 Å². The first-order valence-electron chi connectivity index (χ1n) is 6.16. The van der Waals surface area contributed by atoms with E-state index >= 15 is 0 Å². The van der Waals surface area contributed by atoms with E-state index in [1.807, 2.05) is 0 Å². The lowest BCUT2D eigenvalue weighted by atomic mass is 10.2. The Kier molecular flexibility index (Phi) is 5.30. The summed E-state index contributed by atoms with van der Waals surface area (Å²) < 4.78 is 40.9. The van der Waals surface area contributed by atoms with E-state index in [0.717, 1.165) is 24.0 Å². The van der Waals surface area contributed by atoms with Gasteiger partial charge in [0.1, 0.15) is 5.82 Å². The van der Waals surface area contributed by atoms with Crippen molar-refractivity contribution < 1.29 is 12.8 Å². The van der Waals surface area contributed by atoms with Gasteiger partial charge < -0.3 is 5.32 Å². The van der Waals surface area contributed by atoms with Gasteiger partial charge in [0, 0.05) is 18.3 Å². The third-order valence-electron chi connectivity index (χ3n) is 3.01. The monoisotopic (exact) mass is 338 g/mol. The Morgan fingerprint density at radius 3 is 2.85 bits per heavy atom. The summed E-state index contributed by atoms with van der Waals surface area (Å²) in [6.45, 7) is 0.304. The van der Waals surface area contributed by atoms with Crippen molar-refractivity contribution >= 4 is 33.4 Å². The molecule has 0 spiro atoms. The van der Waals surface area contributed by atoms with E-state index < -0.39 is 15.8 Å². The summed E-state index contributed by atoms with van der Waals surface area (Å²) in [4.78, 5) is -0.0819. The van der Waals surface area contributed by atoms with Gasteiger partial charge in [0.25, 0.3) is 0 Å². The predicted molar refractivity (Wildman–Crippen MR) is 80.2 cm³/mol. The van der Waals surface area contributed by atoms with Crippen LogP contribution >= 0.6 is 23.4 Å². The number of halogens is 2. The molecule has 0 amide bonds. The molecule has 0 aliphatic carbocycles. The number of nitrogens with one attached hydrogen (secondary N) is 2. The first-order chi connectivity index (χ1) is 9.44. The second-order valence-electron chi connectivity index (χ2n) is 4.59. The standard InChI is InChI=1S/C12H16ClFN2O2S2/c1-15-6-8-4-10(5-11(14)12(8)13)20(17,18)16-9-2-3-19-7-9/h4-5,9,15-16H,2-3,6-7H2,1H3. The number of hydrogen-bond donors (Lipinski definition) is 2. The van der Waals surface area contributed by atoms with E-state index in [4.69, 9.17) is 11.6 Å². The molecule has 0 aromatic heterocycles. The van der Waals surface area contributed by atoms with Crippen LogP contribution in [-0.2, 0) is 16.6 Å². The third kappa shape index (κ3) is 3.65. The first kappa shape index (κ1) is 16.0. The van der Waals surface area contributed by atoms with Gasteiger partial charge >= 0.3 is 0 Å². The summed E-state index contributed by atoms with van der Waals surface area (Å²) in [5, 5.41) is 2.79. The summed E-state index contributed by atoms with van der Waals surface area (Å²) >= 11 is 7.53. The zero-order valence-electron chi connectivity index (χ0n) is 10.9. The summed E-state index contributed by atoms with van der Waals surface area (Å²) in [5.41, 5.74) is 0.426. The maximum Gasteiger partial charge on any atom is 0.240 e. The predicted octanol–water partition coefficient (Wildman–Crippen LogP) is 1.98. The molecule has 4 nitrogen and oxygen atoms in total. The SMILES string of the molecule is CNCc1cc(S(=O)(=O)NC2CCSC2)cc(F)c1Cl. The highest BCUT2D eigenvalue weighted by atomic mass is 35.5. The van der Waals surface area contributed by atoms with Gasteiger partial charge in [-0.3, -0.25) is 0 Å². The second kappa shape index (κ2) is 6.62. The summed E-state index contributed by atoms with van der Waals surface area (Å²) in [6, 6.07) is 2.29. The van der Waals surface area contributed by atoms with Crippen LogP contribution in [0, 0.1) is 5.82 Å². The second-order valence-corrected chi connectivity index (χ2v) is 7.83. The fraction of sp³-hybridized carbons (Fsp3) is 0.500. The summed E-state index contributed by atoms with van der Waals surface area (Å²) in [6.07, 6.45) is 0.795. The van der Waals surface area contributed by atoms with Crippen molar-refractivity contribution in [2.45, 2.75) is 23.9 Å². The lowest BCUT2D eigenvalue weighted by Gasteiger charge is -2.14. The van der Waals surface area contributed by atoms with Crippen molar-refractivity contribution in [1.82, 2.24) is 10.0 Å². The molecular formula is C12H16ClFN2O2S2. The molecule has 1 unspecified atom stereocenters. The minimum atomic E-state index is -3.71. The highest BCUT2D eigenvalue weighted by Gasteiger charge is 2.24. The average Bonchev–Trinajstić information content (AvgIpc) is 2.87. The minimum Gasteiger partial charge on any atom is -0.316 e. The Bertz CT molecular complexity index is 589. The van der Waals surface area contributed by atoms with Gasteiger partial charge in [-0.15, -0.1) is 0 Å². The van der Waals surface area contributed by atoms with Crippen molar-refractivity contribution in [3.05, 3.63) is 28.5 Å². The molecule has 1 atom stereocenters. The van der Waals surface area contributed by atoms with Crippen LogP contribution in [0.4, 0.5) is 4.39 Å². The molecule has 0 radical (unpaired) electrons. The zero-order chi connectivity index (χ0) is 14.8. The van der Waals surface area contributed by atoms with Crippen molar-refractivity contribution in [2.75, 3.05) is 18.6 Å². The normalized spacial score (nSPS) is 19.4. The fourth-order valence-corrected chi connectivity index (χ4v) is 4.77. The van der Waals surface area contributed by atoms with Crippen LogP contribution in [0.2, 0.25) is 5.02 Å². The zero-order valence-corrected chi connectivity index (χ0v) is 13.3. The number of thioether (sulfide) groups is 1. The molecular weight excluding hydrogens is 323 g/mol. The number of sulfonamides is 1. The molecule has 2 N–H and O–H groups in total. The Labute approximate surface area is 127 Å². The van der Waals surface area contributed by atoms with Crippen LogP contribution in [0.3, 0.4) is 0 Å². The molecule has 112 valence electrons. The number of hydrogen-bond acceptors (Lipinski definition) is 4. The van der Waals surface area contributed by atoms with Gasteiger partial charge in [0.2, 0.25) is 10.0 Å². The number of rotatable bonds is 5. The molecule has 1 aliphatic heterocycles. The Hall–Kier alpha value is -0.340. The molecule has 1 saturated heterocycles. The smallest absolute Gasteiger partial charge is 0.240 e. The largest absolute Gasteiger partial charge is 0.316 e. The fourth-order valence-electron chi connectivity index (χ4n) is 2.01. The molecule has 8 heteroatoms. The molecule has 20 heavy (non-hydrogen) atoms. The summed E-state index contributed by atoms with van der Waals surface area (Å²) in [7, 11) is -2.03. The number of benzene rings is 1. The Balaban J connectivity index is 2.30. The first-order valence-corrected chi connectivity index (χ1v) is 9.18. The molecule has 1 fully saturated rings. The molecule has 1 heterocycles. The quantitative estimate of drug-likeness (QED) is 0.862. The molecule has 1 aliphatic rings. The molecule has 1 aromatic carbocycles. The van der Waals surface area contributed by atoms with Gasteiger partial charge in [-0.05, 0) is 36.9 Å². The Morgan fingerprint density at radius 2 is 2.25 bits per heavy atom. The van der Waals surface area contributed by atoms with Crippen LogP contribution in [-0.4, -0.2) is 33.0 Å². The van der Waals surface area contributed by atoms with E-state index in [1.54, 1.807) is 18.8 Å². The van der Waals surface area contributed by atoms with Crippen molar-refractivity contribution in [1.29, 1.82) is 0 Å². The lowest BCUT2D eigenvalue weighted by Crippen LogP contribution is -2.34. The maximum absolute atomic E-state index is 13.8. The van der Waals surface area contributed by atoms with E-state index in [2.05, 4.69) is 10.0 Å². The average molecular weight is 339 g/mol. The van der Waals surface area contributed by atoms with Crippen LogP contribution < -0.4 is 10.0 Å². The van der Waals surface area contributed by atoms with Gasteiger partial charge in [-0.1, -0.05) is 11.6 Å². The van der Waals surface area contributed by atoms with E-state index in [-0.39, 0.29) is 16.0 Å². The van der Waals surface area contributed by atoms with E-state index in [0.29, 0.717) is 12.1 Å². The maximum atomic E-state index is 13.8. The van der Waals surface area contributed by atoms with Crippen LogP contribution in [0.15, 0.2) is 17.0 Å². The van der Waals surface area contributed by atoms with Crippen LogP contribution in [0.1, 0.15) is 12.0 Å². The minimum absolute atomic E-state index is 0.0466. The van der Waals surface area contributed by atoms with Gasteiger partial charge in [0.15, 0.2) is 0 Å². The molecule has 0 saturated carbocycles. The Morgan fingerprint density at radius 1 is 1.50 bits per heavy atom. The molecule has 1 aromatic rings. The topological polar surface area (TPSA) is 58.2 Å². The summed E-state index contributed by atoms with van der Waals surface area (Å²) in [5.74, 6) is 0.965. The van der Waals surface area contributed by atoms with Gasteiger partial charge in [-0.2, -0.15) is 11.8 Å². The molecule has 0 bridgehead atoms. The molecule has 2 rings (SSSR count). The van der Waals surface area contributed by atoms with Crippen molar-refractivity contribution in [3.8, 4) is 0 Å². The van der Waals surface area contributed by atoms with Crippen LogP contribution in [0.5, 0.6) is 0 Å². The van der Waals surface area contributed by atoms with Gasteiger partial charge in [0.05, 0.1) is 9.92 Å². The van der Waals surface area contributed by atoms with Gasteiger partial charge in [-0.25, -0.2) is 17.5 Å². The highest BCUT2D eigenvalue weighted by Crippen LogP contribution is 2.25. The van der Waals surface area contributed by atoms with Crippen molar-refractivity contribution in [3.63, 3.8) is 0 Å².